The lowest BCUT2D eigenvalue weighted by molar-refractivity contribution is 0.386. The highest BCUT2D eigenvalue weighted by atomic mass is 35.5. The molecule has 0 aliphatic carbocycles. The predicted octanol–water partition coefficient (Wildman–Crippen LogP) is 4.53. The number of sulfone groups is 1. The van der Waals surface area contributed by atoms with Gasteiger partial charge >= 0.3 is 0 Å². The molecule has 0 aliphatic rings. The highest BCUT2D eigenvalue weighted by molar-refractivity contribution is 7.90. The molecule has 2 aromatic carbocycles. The molecule has 0 heterocycles. The summed E-state index contributed by atoms with van der Waals surface area (Å²) in [5, 5.41) is -2.50. The number of hydrogen-bond donors (Lipinski definition) is 0. The molecule has 24 heavy (non-hydrogen) atoms. The van der Waals surface area contributed by atoms with E-state index in [0.717, 1.165) is 12.1 Å². The third kappa shape index (κ3) is 3.31. The second-order valence-electron chi connectivity index (χ2n) is 4.63. The molecule has 0 amide bonds. The Morgan fingerprint density at radius 3 is 2.00 bits per heavy atom. The average Bonchev–Trinajstić information content (AvgIpc) is 2.50. The summed E-state index contributed by atoms with van der Waals surface area (Å²) in [7, 11) is -3.46. The lowest BCUT2D eigenvalue weighted by atomic mass is 10.2. The van der Waals surface area contributed by atoms with Crippen LogP contribution in [0.25, 0.3) is 0 Å². The second-order valence-corrected chi connectivity index (χ2v) is 7.31. The van der Waals surface area contributed by atoms with Gasteiger partial charge in [0.2, 0.25) is 0 Å². The van der Waals surface area contributed by atoms with E-state index in [1.54, 1.807) is 0 Å². The Bertz CT molecular complexity index is 888. The first-order chi connectivity index (χ1) is 11.1. The fraction of sp³-hybridized carbons (Fsp3) is 0.143. The van der Waals surface area contributed by atoms with E-state index in [2.05, 4.69) is 4.74 Å². The van der Waals surface area contributed by atoms with Gasteiger partial charge in [0.15, 0.2) is 38.9 Å². The van der Waals surface area contributed by atoms with Crippen LogP contribution in [0.2, 0.25) is 10.0 Å². The van der Waals surface area contributed by atoms with E-state index in [1.165, 1.54) is 13.2 Å². The molecule has 0 spiro atoms. The lowest BCUT2D eigenvalue weighted by Crippen LogP contribution is -2.12. The minimum Gasteiger partial charge on any atom is -0.494 e. The largest absolute Gasteiger partial charge is 0.494 e. The molecule has 0 atom stereocenters. The van der Waals surface area contributed by atoms with Crippen molar-refractivity contribution in [3.05, 3.63) is 57.1 Å². The van der Waals surface area contributed by atoms with Gasteiger partial charge < -0.3 is 4.74 Å². The highest BCUT2D eigenvalue weighted by Gasteiger charge is 2.31. The van der Waals surface area contributed by atoms with E-state index < -0.39 is 53.8 Å². The number of methoxy groups -OCH3 is 1. The van der Waals surface area contributed by atoms with Crippen molar-refractivity contribution in [1.82, 2.24) is 0 Å². The minimum absolute atomic E-state index is 0.108. The topological polar surface area (TPSA) is 43.4 Å². The Labute approximate surface area is 144 Å². The van der Waals surface area contributed by atoms with Crippen LogP contribution in [-0.2, 0) is 15.6 Å². The van der Waals surface area contributed by atoms with Gasteiger partial charge in [0.05, 0.1) is 12.9 Å². The summed E-state index contributed by atoms with van der Waals surface area (Å²) in [6.07, 6.45) is 0. The molecule has 0 N–H and O–H groups in total. The molecule has 0 saturated heterocycles. The standard InChI is InChI=1S/C14H8Cl2F4O3S/c1-23-8-3-2-6(4-7(8)17)5-24(21,22)14-12(19)9(15)11(18)10(16)13(14)20/h2-4H,5H2,1H3. The van der Waals surface area contributed by atoms with Crippen molar-refractivity contribution in [3.8, 4) is 5.75 Å². The monoisotopic (exact) mass is 402 g/mol. The van der Waals surface area contributed by atoms with Crippen LogP contribution in [-0.4, -0.2) is 15.5 Å². The zero-order chi connectivity index (χ0) is 18.2. The van der Waals surface area contributed by atoms with Crippen molar-refractivity contribution in [2.24, 2.45) is 0 Å². The summed E-state index contributed by atoms with van der Waals surface area (Å²) >= 11 is 10.6. The Hall–Kier alpha value is -1.51. The van der Waals surface area contributed by atoms with E-state index in [4.69, 9.17) is 23.2 Å². The number of rotatable bonds is 4. The van der Waals surface area contributed by atoms with Gasteiger partial charge in [0, 0.05) is 0 Å². The van der Waals surface area contributed by atoms with Gasteiger partial charge in [-0.15, -0.1) is 0 Å². The summed E-state index contributed by atoms with van der Waals surface area (Å²) in [5.74, 6) is -7.17. The molecule has 0 bridgehead atoms. The summed E-state index contributed by atoms with van der Waals surface area (Å²) in [6, 6.07) is 3.18. The zero-order valence-electron chi connectivity index (χ0n) is 11.8. The Kier molecular flexibility index (Phi) is 5.31. The predicted molar refractivity (Wildman–Crippen MR) is 80.2 cm³/mol. The first-order valence-corrected chi connectivity index (χ1v) is 8.57. The molecule has 130 valence electrons. The molecule has 10 heteroatoms. The van der Waals surface area contributed by atoms with Crippen LogP contribution in [0.3, 0.4) is 0 Å². The molecule has 0 fully saturated rings. The van der Waals surface area contributed by atoms with E-state index in [0.29, 0.717) is 0 Å². The van der Waals surface area contributed by atoms with Crippen LogP contribution in [0.5, 0.6) is 5.75 Å². The molecular weight excluding hydrogens is 395 g/mol. The highest BCUT2D eigenvalue weighted by Crippen LogP contribution is 2.35. The Morgan fingerprint density at radius 1 is 1.00 bits per heavy atom. The van der Waals surface area contributed by atoms with Crippen LogP contribution in [0, 0.1) is 23.3 Å². The fourth-order valence-corrected chi connectivity index (χ4v) is 4.00. The van der Waals surface area contributed by atoms with Gasteiger partial charge in [-0.25, -0.2) is 26.0 Å². The lowest BCUT2D eigenvalue weighted by Gasteiger charge is -2.11. The fourth-order valence-electron chi connectivity index (χ4n) is 1.95. The first kappa shape index (κ1) is 18.8. The van der Waals surface area contributed by atoms with E-state index in [9.17, 15) is 26.0 Å². The number of benzene rings is 2. The van der Waals surface area contributed by atoms with Gasteiger partial charge in [-0.05, 0) is 17.7 Å². The van der Waals surface area contributed by atoms with Gasteiger partial charge in [-0.3, -0.25) is 0 Å². The second kappa shape index (κ2) is 6.78. The zero-order valence-corrected chi connectivity index (χ0v) is 14.2. The third-order valence-corrected chi connectivity index (χ3v) is 5.41. The maximum absolute atomic E-state index is 14.0. The SMILES string of the molecule is COc1ccc(CS(=O)(=O)c2c(F)c(Cl)c(F)c(Cl)c2F)cc1F. The number of ether oxygens (including phenoxy) is 1. The van der Waals surface area contributed by atoms with E-state index in [1.807, 2.05) is 0 Å². The summed E-state index contributed by atoms with van der Waals surface area (Å²) in [6.45, 7) is 0. The maximum Gasteiger partial charge on any atom is 0.188 e. The Morgan fingerprint density at radius 2 is 1.54 bits per heavy atom. The van der Waals surface area contributed by atoms with Crippen molar-refractivity contribution in [2.45, 2.75) is 10.6 Å². The van der Waals surface area contributed by atoms with Crippen molar-refractivity contribution in [3.63, 3.8) is 0 Å². The average molecular weight is 403 g/mol. The smallest absolute Gasteiger partial charge is 0.188 e. The van der Waals surface area contributed by atoms with Crippen LogP contribution >= 0.6 is 23.2 Å². The molecule has 2 rings (SSSR count). The van der Waals surface area contributed by atoms with Crippen molar-refractivity contribution < 1.29 is 30.7 Å². The minimum atomic E-state index is -4.67. The summed E-state index contributed by atoms with van der Waals surface area (Å²) in [4.78, 5) is -1.48. The summed E-state index contributed by atoms with van der Waals surface area (Å²) < 4.78 is 84.1. The molecule has 0 unspecified atom stereocenters. The van der Waals surface area contributed by atoms with E-state index >= 15 is 0 Å². The van der Waals surface area contributed by atoms with Crippen molar-refractivity contribution in [1.29, 1.82) is 0 Å². The molecule has 0 radical (unpaired) electrons. The summed E-state index contributed by atoms with van der Waals surface area (Å²) in [5.41, 5.74) is -0.108. The molecule has 3 nitrogen and oxygen atoms in total. The molecule has 0 saturated carbocycles. The van der Waals surface area contributed by atoms with Gasteiger partial charge in [0.25, 0.3) is 0 Å². The van der Waals surface area contributed by atoms with Crippen molar-refractivity contribution >= 4 is 33.0 Å². The van der Waals surface area contributed by atoms with Crippen LogP contribution in [0.4, 0.5) is 17.6 Å². The maximum atomic E-state index is 14.0. The van der Waals surface area contributed by atoms with Gasteiger partial charge in [-0.1, -0.05) is 29.3 Å². The molecule has 2 aromatic rings. The van der Waals surface area contributed by atoms with Crippen LogP contribution < -0.4 is 4.74 Å². The molecule has 0 aliphatic heterocycles. The normalized spacial score (nSPS) is 11.6. The number of hydrogen-bond acceptors (Lipinski definition) is 3. The van der Waals surface area contributed by atoms with Gasteiger partial charge in [-0.2, -0.15) is 0 Å². The van der Waals surface area contributed by atoms with Gasteiger partial charge in [0.1, 0.15) is 14.9 Å². The molecular formula is C14H8Cl2F4O3S. The van der Waals surface area contributed by atoms with Crippen molar-refractivity contribution in [2.75, 3.05) is 7.11 Å². The molecule has 0 aromatic heterocycles. The van der Waals surface area contributed by atoms with Crippen LogP contribution in [0.1, 0.15) is 5.56 Å². The third-order valence-electron chi connectivity index (χ3n) is 3.05. The van der Waals surface area contributed by atoms with E-state index in [-0.39, 0.29) is 11.3 Å². The Balaban J connectivity index is 2.55. The van der Waals surface area contributed by atoms with Crippen LogP contribution in [0.15, 0.2) is 23.1 Å². The quantitative estimate of drug-likeness (QED) is 0.326. The number of halogens is 6. The first-order valence-electron chi connectivity index (χ1n) is 6.16.